The maximum Gasteiger partial charge on any atom is 0.416 e. The monoisotopic (exact) mass is 319 g/mol. The van der Waals surface area contributed by atoms with Crippen molar-refractivity contribution in [1.82, 2.24) is 20.4 Å². The lowest BCUT2D eigenvalue weighted by Crippen LogP contribution is -2.04. The van der Waals surface area contributed by atoms with Gasteiger partial charge in [-0.3, -0.25) is 0 Å². The third kappa shape index (κ3) is 2.66. The highest BCUT2D eigenvalue weighted by atomic mass is 19.4. The number of nitriles is 1. The fraction of sp³-hybridized carbons (Fsp3) is 0.143. The number of rotatable bonds is 2. The van der Waals surface area contributed by atoms with E-state index in [0.717, 1.165) is 12.1 Å². The predicted octanol–water partition coefficient (Wildman–Crippen LogP) is 3.33. The van der Waals surface area contributed by atoms with E-state index in [1.165, 1.54) is 12.1 Å². The van der Waals surface area contributed by atoms with Crippen LogP contribution in [0, 0.1) is 18.3 Å². The van der Waals surface area contributed by atoms with Crippen LogP contribution in [0.25, 0.3) is 22.9 Å². The molecule has 23 heavy (non-hydrogen) atoms. The van der Waals surface area contributed by atoms with E-state index in [-0.39, 0.29) is 28.6 Å². The first-order valence-corrected chi connectivity index (χ1v) is 6.36. The molecule has 0 aliphatic rings. The minimum atomic E-state index is -4.46. The van der Waals surface area contributed by atoms with Crippen LogP contribution in [0.5, 0.6) is 0 Å². The van der Waals surface area contributed by atoms with Crippen molar-refractivity contribution in [2.45, 2.75) is 13.1 Å². The number of H-pyrrole nitrogens is 1. The number of halogens is 3. The van der Waals surface area contributed by atoms with Crippen molar-refractivity contribution in [3.8, 4) is 29.0 Å². The quantitative estimate of drug-likeness (QED) is 0.782. The third-order valence-electron chi connectivity index (χ3n) is 3.10. The molecule has 0 bridgehead atoms. The Hall–Kier alpha value is -3.15. The summed E-state index contributed by atoms with van der Waals surface area (Å²) in [5.74, 6) is 0.193. The minimum Gasteiger partial charge on any atom is -0.434 e. The Balaban J connectivity index is 2.07. The summed E-state index contributed by atoms with van der Waals surface area (Å²) in [6.07, 6.45) is -4.46. The summed E-state index contributed by atoms with van der Waals surface area (Å²) in [5.41, 5.74) is -0.0545. The average molecular weight is 319 g/mol. The zero-order chi connectivity index (χ0) is 16.6. The van der Waals surface area contributed by atoms with Crippen LogP contribution in [0.2, 0.25) is 0 Å². The molecule has 0 radical (unpaired) electrons. The van der Waals surface area contributed by atoms with E-state index in [1.807, 2.05) is 6.07 Å². The van der Waals surface area contributed by atoms with E-state index in [1.54, 1.807) is 6.92 Å². The molecule has 0 amide bonds. The van der Waals surface area contributed by atoms with Crippen molar-refractivity contribution >= 4 is 0 Å². The summed E-state index contributed by atoms with van der Waals surface area (Å²) in [5, 5.41) is 18.7. The SMILES string of the molecule is Cc1nc(-c2cccc(C(F)(F)F)c2)oc1-c1n[nH]nc1C#N. The van der Waals surface area contributed by atoms with Crippen LogP contribution in [0.4, 0.5) is 13.2 Å². The van der Waals surface area contributed by atoms with Crippen molar-refractivity contribution in [1.29, 1.82) is 5.26 Å². The molecule has 0 unspecified atom stereocenters. The predicted molar refractivity (Wildman–Crippen MR) is 71.8 cm³/mol. The smallest absolute Gasteiger partial charge is 0.416 e. The number of benzene rings is 1. The van der Waals surface area contributed by atoms with Gasteiger partial charge >= 0.3 is 6.18 Å². The molecule has 0 atom stereocenters. The highest BCUT2D eigenvalue weighted by Crippen LogP contribution is 2.34. The van der Waals surface area contributed by atoms with Gasteiger partial charge in [0.15, 0.2) is 17.1 Å². The Kier molecular flexibility index (Phi) is 3.37. The number of hydrogen-bond acceptors (Lipinski definition) is 5. The van der Waals surface area contributed by atoms with Crippen molar-refractivity contribution in [3.05, 3.63) is 41.2 Å². The van der Waals surface area contributed by atoms with Gasteiger partial charge in [-0.15, -0.1) is 5.10 Å². The normalized spacial score (nSPS) is 11.4. The second kappa shape index (κ2) is 5.24. The van der Waals surface area contributed by atoms with E-state index >= 15 is 0 Å². The number of aryl methyl sites for hydroxylation is 1. The van der Waals surface area contributed by atoms with E-state index in [2.05, 4.69) is 20.4 Å². The molecule has 1 aromatic carbocycles. The number of nitrogens with one attached hydrogen (secondary N) is 1. The Labute approximate surface area is 127 Å². The maximum atomic E-state index is 12.8. The van der Waals surface area contributed by atoms with Crippen LogP contribution in [0.3, 0.4) is 0 Å². The molecule has 9 heteroatoms. The molecule has 0 fully saturated rings. The fourth-order valence-electron chi connectivity index (χ4n) is 2.04. The molecule has 2 heterocycles. The van der Waals surface area contributed by atoms with Crippen molar-refractivity contribution in [2.24, 2.45) is 0 Å². The van der Waals surface area contributed by atoms with Crippen LogP contribution in [0.1, 0.15) is 17.0 Å². The van der Waals surface area contributed by atoms with Gasteiger partial charge in [-0.25, -0.2) is 4.98 Å². The highest BCUT2D eigenvalue weighted by Gasteiger charge is 2.31. The van der Waals surface area contributed by atoms with E-state index in [0.29, 0.717) is 5.69 Å². The summed E-state index contributed by atoms with van der Waals surface area (Å²) < 4.78 is 43.8. The average Bonchev–Trinajstić information content (AvgIpc) is 3.12. The number of aromatic amines is 1. The molecule has 116 valence electrons. The zero-order valence-electron chi connectivity index (χ0n) is 11.6. The molecule has 3 aromatic rings. The van der Waals surface area contributed by atoms with Gasteiger partial charge in [-0.05, 0) is 25.1 Å². The molecule has 0 aliphatic carbocycles. The van der Waals surface area contributed by atoms with Crippen molar-refractivity contribution < 1.29 is 17.6 Å². The van der Waals surface area contributed by atoms with Gasteiger partial charge in [-0.1, -0.05) is 6.07 Å². The van der Waals surface area contributed by atoms with E-state index in [4.69, 9.17) is 9.68 Å². The zero-order valence-corrected chi connectivity index (χ0v) is 11.6. The highest BCUT2D eigenvalue weighted by molar-refractivity contribution is 5.64. The number of aromatic nitrogens is 4. The Morgan fingerprint density at radius 2 is 2.04 bits per heavy atom. The Bertz CT molecular complexity index is 904. The number of oxazole rings is 1. The molecular weight excluding hydrogens is 311 g/mol. The van der Waals surface area contributed by atoms with Gasteiger partial charge in [-0.2, -0.15) is 28.7 Å². The van der Waals surface area contributed by atoms with E-state index in [9.17, 15) is 13.2 Å². The lowest BCUT2D eigenvalue weighted by molar-refractivity contribution is -0.137. The lowest BCUT2D eigenvalue weighted by Gasteiger charge is -2.06. The molecule has 0 spiro atoms. The standard InChI is InChI=1S/C14H8F3N5O/c1-7-12(11-10(6-18)20-22-21-11)23-13(19-7)8-3-2-4-9(5-8)14(15,16)17/h2-5H,1H3,(H,20,21,22). The maximum absolute atomic E-state index is 12.8. The second-order valence-corrected chi connectivity index (χ2v) is 4.64. The van der Waals surface area contributed by atoms with Gasteiger partial charge in [0.2, 0.25) is 5.89 Å². The first-order valence-electron chi connectivity index (χ1n) is 6.36. The Morgan fingerprint density at radius 1 is 1.26 bits per heavy atom. The first-order chi connectivity index (χ1) is 10.9. The number of nitrogens with zero attached hydrogens (tertiary/aromatic N) is 4. The molecular formula is C14H8F3N5O. The van der Waals surface area contributed by atoms with Crippen LogP contribution in [-0.4, -0.2) is 20.4 Å². The van der Waals surface area contributed by atoms with Gasteiger partial charge in [0, 0.05) is 5.56 Å². The van der Waals surface area contributed by atoms with Gasteiger partial charge in [0.25, 0.3) is 0 Å². The van der Waals surface area contributed by atoms with E-state index < -0.39 is 11.7 Å². The lowest BCUT2D eigenvalue weighted by atomic mass is 10.1. The van der Waals surface area contributed by atoms with Crippen molar-refractivity contribution in [2.75, 3.05) is 0 Å². The van der Waals surface area contributed by atoms with Gasteiger partial charge in [0.1, 0.15) is 6.07 Å². The van der Waals surface area contributed by atoms with Crippen LogP contribution >= 0.6 is 0 Å². The fourth-order valence-corrected chi connectivity index (χ4v) is 2.04. The third-order valence-corrected chi connectivity index (χ3v) is 3.10. The molecule has 0 saturated heterocycles. The molecule has 0 aliphatic heterocycles. The summed E-state index contributed by atoms with van der Waals surface area (Å²) >= 11 is 0. The first kappa shape index (κ1) is 14.8. The second-order valence-electron chi connectivity index (χ2n) is 4.64. The van der Waals surface area contributed by atoms with Crippen molar-refractivity contribution in [3.63, 3.8) is 0 Å². The molecule has 6 nitrogen and oxygen atoms in total. The molecule has 1 N–H and O–H groups in total. The van der Waals surface area contributed by atoms with Gasteiger partial charge < -0.3 is 4.42 Å². The van der Waals surface area contributed by atoms with Gasteiger partial charge in [0.05, 0.1) is 11.3 Å². The van der Waals surface area contributed by atoms with Crippen LogP contribution in [0.15, 0.2) is 28.7 Å². The summed E-state index contributed by atoms with van der Waals surface area (Å²) in [6.45, 7) is 1.60. The number of hydrogen-bond donors (Lipinski definition) is 1. The minimum absolute atomic E-state index is 0.00971. The summed E-state index contributed by atoms with van der Waals surface area (Å²) in [7, 11) is 0. The van der Waals surface area contributed by atoms with Crippen LogP contribution < -0.4 is 0 Å². The topological polar surface area (TPSA) is 91.4 Å². The summed E-state index contributed by atoms with van der Waals surface area (Å²) in [6, 6.07) is 6.48. The largest absolute Gasteiger partial charge is 0.434 e. The summed E-state index contributed by atoms with van der Waals surface area (Å²) in [4.78, 5) is 4.11. The number of alkyl halides is 3. The van der Waals surface area contributed by atoms with Crippen LogP contribution in [-0.2, 0) is 6.18 Å². The Morgan fingerprint density at radius 3 is 2.74 bits per heavy atom. The molecule has 0 saturated carbocycles. The molecule has 2 aromatic heterocycles. The molecule has 3 rings (SSSR count).